The van der Waals surface area contributed by atoms with E-state index in [0.717, 1.165) is 32.6 Å². The lowest BCUT2D eigenvalue weighted by atomic mass is 10.1. The number of nitrogens with one attached hydrogen (secondary N) is 1. The minimum absolute atomic E-state index is 0.0118. The van der Waals surface area contributed by atoms with Crippen LogP contribution in [0.15, 0.2) is 6.20 Å². The predicted molar refractivity (Wildman–Crippen MR) is 81.5 cm³/mol. The van der Waals surface area contributed by atoms with Gasteiger partial charge in [0, 0.05) is 12.6 Å². The molecule has 0 aromatic carbocycles. The van der Waals surface area contributed by atoms with Crippen LogP contribution in [0.2, 0.25) is 0 Å². The number of nitrogens with zero attached hydrogens (tertiary/aromatic N) is 4. The molecule has 120 valence electrons. The summed E-state index contributed by atoms with van der Waals surface area (Å²) in [5.74, 6) is -1.04. The number of carbonyl (C=O) groups is 1. The molecular weight excluding hydrogens is 270 g/mol. The monoisotopic (exact) mass is 297 g/mol. The fourth-order valence-electron chi connectivity index (χ4n) is 2.19. The van der Waals surface area contributed by atoms with Crippen LogP contribution in [0.3, 0.4) is 0 Å². The van der Waals surface area contributed by atoms with Crippen molar-refractivity contribution in [1.29, 1.82) is 0 Å². The average molecular weight is 297 g/mol. The second-order valence-corrected chi connectivity index (χ2v) is 5.20. The van der Waals surface area contributed by atoms with Crippen LogP contribution in [0.4, 0.5) is 0 Å². The highest BCUT2D eigenvalue weighted by molar-refractivity contribution is 5.84. The van der Waals surface area contributed by atoms with Crippen molar-refractivity contribution in [3.63, 3.8) is 0 Å². The standard InChI is InChI=1S/C14H27N5O2/c1-4-18(5-2)9-6-7-12(3)15-8-10-19-11-13(14(20)21)16-17-19/h11-12,15H,4-10H2,1-3H3,(H,20,21). The second-order valence-electron chi connectivity index (χ2n) is 5.20. The Hall–Kier alpha value is -1.47. The number of hydrogen-bond donors (Lipinski definition) is 2. The maximum absolute atomic E-state index is 10.7. The smallest absolute Gasteiger partial charge is 0.358 e. The molecule has 7 heteroatoms. The highest BCUT2D eigenvalue weighted by Gasteiger charge is 2.08. The molecule has 1 unspecified atom stereocenters. The summed E-state index contributed by atoms with van der Waals surface area (Å²) < 4.78 is 1.55. The Morgan fingerprint density at radius 3 is 2.76 bits per heavy atom. The molecule has 1 heterocycles. The van der Waals surface area contributed by atoms with Gasteiger partial charge in [0.05, 0.1) is 12.7 Å². The SMILES string of the molecule is CCN(CC)CCCC(C)NCCn1cc(C(=O)O)nn1. The van der Waals surface area contributed by atoms with Gasteiger partial charge in [0.1, 0.15) is 0 Å². The molecule has 0 aliphatic rings. The van der Waals surface area contributed by atoms with Gasteiger partial charge in [-0.3, -0.25) is 4.68 Å². The maximum Gasteiger partial charge on any atom is 0.358 e. The van der Waals surface area contributed by atoms with Gasteiger partial charge in [-0.15, -0.1) is 5.10 Å². The van der Waals surface area contributed by atoms with Crippen LogP contribution in [0, 0.1) is 0 Å². The van der Waals surface area contributed by atoms with E-state index in [1.165, 1.54) is 12.6 Å². The minimum Gasteiger partial charge on any atom is -0.476 e. The Labute approximate surface area is 126 Å². The lowest BCUT2D eigenvalue weighted by Crippen LogP contribution is -2.31. The lowest BCUT2D eigenvalue weighted by molar-refractivity contribution is 0.0690. The molecule has 0 saturated carbocycles. The van der Waals surface area contributed by atoms with Gasteiger partial charge in [-0.25, -0.2) is 4.79 Å². The molecule has 0 fully saturated rings. The minimum atomic E-state index is -1.04. The van der Waals surface area contributed by atoms with E-state index in [0.29, 0.717) is 12.6 Å². The molecular formula is C14H27N5O2. The fourth-order valence-corrected chi connectivity index (χ4v) is 2.19. The van der Waals surface area contributed by atoms with E-state index in [-0.39, 0.29) is 5.69 Å². The molecule has 0 aliphatic heterocycles. The van der Waals surface area contributed by atoms with Crippen LogP contribution in [-0.4, -0.2) is 63.2 Å². The van der Waals surface area contributed by atoms with Crippen LogP contribution in [0.1, 0.15) is 44.1 Å². The molecule has 2 N–H and O–H groups in total. The summed E-state index contributed by atoms with van der Waals surface area (Å²) in [6.45, 7) is 11.3. The quantitative estimate of drug-likeness (QED) is 0.636. The van der Waals surface area contributed by atoms with Crippen molar-refractivity contribution in [1.82, 2.24) is 25.2 Å². The molecule has 0 aliphatic carbocycles. The van der Waals surface area contributed by atoms with Crippen molar-refractivity contribution < 1.29 is 9.90 Å². The Kier molecular flexibility index (Phi) is 7.92. The van der Waals surface area contributed by atoms with Crippen LogP contribution < -0.4 is 5.32 Å². The highest BCUT2D eigenvalue weighted by atomic mass is 16.4. The Morgan fingerprint density at radius 2 is 2.19 bits per heavy atom. The third kappa shape index (κ3) is 6.68. The van der Waals surface area contributed by atoms with Gasteiger partial charge >= 0.3 is 5.97 Å². The van der Waals surface area contributed by atoms with Gasteiger partial charge in [-0.2, -0.15) is 0 Å². The summed E-state index contributed by atoms with van der Waals surface area (Å²) in [5, 5.41) is 19.5. The van der Waals surface area contributed by atoms with Crippen LogP contribution >= 0.6 is 0 Å². The lowest BCUT2D eigenvalue weighted by Gasteiger charge is -2.19. The largest absolute Gasteiger partial charge is 0.476 e. The first-order valence-corrected chi connectivity index (χ1v) is 7.66. The van der Waals surface area contributed by atoms with Gasteiger partial charge < -0.3 is 15.3 Å². The molecule has 1 aromatic rings. The van der Waals surface area contributed by atoms with E-state index in [2.05, 4.69) is 41.3 Å². The molecule has 7 nitrogen and oxygen atoms in total. The van der Waals surface area contributed by atoms with Gasteiger partial charge in [-0.1, -0.05) is 19.1 Å². The topological polar surface area (TPSA) is 83.3 Å². The zero-order chi connectivity index (χ0) is 15.7. The summed E-state index contributed by atoms with van der Waals surface area (Å²) >= 11 is 0. The number of aromatic nitrogens is 3. The highest BCUT2D eigenvalue weighted by Crippen LogP contribution is 1.99. The van der Waals surface area contributed by atoms with Crippen LogP contribution in [-0.2, 0) is 6.54 Å². The molecule has 1 aromatic heterocycles. The summed E-state index contributed by atoms with van der Waals surface area (Å²) in [6.07, 6.45) is 3.77. The van der Waals surface area contributed by atoms with Crippen molar-refractivity contribution >= 4 is 5.97 Å². The third-order valence-corrected chi connectivity index (χ3v) is 3.60. The zero-order valence-corrected chi connectivity index (χ0v) is 13.2. The predicted octanol–water partition coefficient (Wildman–Crippen LogP) is 1.08. The second kappa shape index (κ2) is 9.46. The Morgan fingerprint density at radius 1 is 1.48 bits per heavy atom. The molecule has 1 atom stereocenters. The van der Waals surface area contributed by atoms with Crippen molar-refractivity contribution in [2.75, 3.05) is 26.2 Å². The van der Waals surface area contributed by atoms with E-state index in [4.69, 9.17) is 5.11 Å². The van der Waals surface area contributed by atoms with E-state index in [1.54, 1.807) is 4.68 Å². The third-order valence-electron chi connectivity index (χ3n) is 3.60. The van der Waals surface area contributed by atoms with E-state index >= 15 is 0 Å². The average Bonchev–Trinajstić information content (AvgIpc) is 2.93. The van der Waals surface area contributed by atoms with Gasteiger partial charge in [0.15, 0.2) is 5.69 Å². The van der Waals surface area contributed by atoms with E-state index in [1.807, 2.05) is 0 Å². The number of carboxylic acids is 1. The normalized spacial score (nSPS) is 12.8. The van der Waals surface area contributed by atoms with E-state index < -0.39 is 5.97 Å². The molecule has 0 amide bonds. The van der Waals surface area contributed by atoms with Gasteiger partial charge in [0.25, 0.3) is 0 Å². The van der Waals surface area contributed by atoms with Crippen molar-refractivity contribution in [3.05, 3.63) is 11.9 Å². The number of hydrogen-bond acceptors (Lipinski definition) is 5. The molecule has 0 bridgehead atoms. The first-order chi connectivity index (χ1) is 10.1. The number of rotatable bonds is 11. The number of carboxylic acid groups (broad SMARTS) is 1. The molecule has 21 heavy (non-hydrogen) atoms. The Balaban J connectivity index is 2.15. The maximum atomic E-state index is 10.7. The molecule has 1 rings (SSSR count). The van der Waals surface area contributed by atoms with Crippen molar-refractivity contribution in [2.24, 2.45) is 0 Å². The van der Waals surface area contributed by atoms with Crippen molar-refractivity contribution in [2.45, 2.75) is 46.2 Å². The van der Waals surface area contributed by atoms with Gasteiger partial charge in [0.2, 0.25) is 0 Å². The Bertz CT molecular complexity index is 417. The summed E-state index contributed by atoms with van der Waals surface area (Å²) in [7, 11) is 0. The first-order valence-electron chi connectivity index (χ1n) is 7.66. The first kappa shape index (κ1) is 17.6. The molecule has 0 radical (unpaired) electrons. The molecule has 0 saturated heterocycles. The van der Waals surface area contributed by atoms with Gasteiger partial charge in [-0.05, 0) is 39.4 Å². The summed E-state index contributed by atoms with van der Waals surface area (Å²) in [4.78, 5) is 13.1. The van der Waals surface area contributed by atoms with E-state index in [9.17, 15) is 4.79 Å². The van der Waals surface area contributed by atoms with Crippen LogP contribution in [0.5, 0.6) is 0 Å². The van der Waals surface area contributed by atoms with Crippen molar-refractivity contribution in [3.8, 4) is 0 Å². The molecule has 0 spiro atoms. The summed E-state index contributed by atoms with van der Waals surface area (Å²) in [6, 6.07) is 0.447. The fraction of sp³-hybridized carbons (Fsp3) is 0.786. The summed E-state index contributed by atoms with van der Waals surface area (Å²) in [5.41, 5.74) is -0.0118. The zero-order valence-electron chi connectivity index (χ0n) is 13.2. The van der Waals surface area contributed by atoms with Crippen LogP contribution in [0.25, 0.3) is 0 Å². The number of aromatic carboxylic acids is 1.